The first kappa shape index (κ1) is 68.6. The van der Waals surface area contributed by atoms with Crippen molar-refractivity contribution in [2.75, 3.05) is 13.2 Å². The van der Waals surface area contributed by atoms with Crippen molar-refractivity contribution < 1.29 is 28.6 Å². The van der Waals surface area contributed by atoms with Crippen LogP contribution >= 0.6 is 0 Å². The van der Waals surface area contributed by atoms with Crippen LogP contribution in [0.2, 0.25) is 0 Å². The first-order valence-corrected chi connectivity index (χ1v) is 31.5. The molecule has 0 aliphatic rings. The van der Waals surface area contributed by atoms with Gasteiger partial charge in [0.05, 0.1) is 0 Å². The van der Waals surface area contributed by atoms with Gasteiger partial charge in [-0.3, -0.25) is 14.4 Å². The Hall–Kier alpha value is -2.37. The Kier molecular flexibility index (Phi) is 58.2. The molecule has 0 aromatic carbocycles. The summed E-state index contributed by atoms with van der Waals surface area (Å²) in [5.41, 5.74) is 0. The average molecular weight is 998 g/mol. The highest BCUT2D eigenvalue weighted by molar-refractivity contribution is 5.71. The number of hydrogen-bond donors (Lipinski definition) is 0. The largest absolute Gasteiger partial charge is 0.462 e. The van der Waals surface area contributed by atoms with E-state index in [1.54, 1.807) is 0 Å². The second-order valence-corrected chi connectivity index (χ2v) is 21.3. The molecule has 1 unspecified atom stereocenters. The molecule has 416 valence electrons. The standard InChI is InChI=1S/C65H120O6/c1-4-7-10-13-16-19-21-23-25-27-29-30-31-32-33-34-36-37-39-41-43-46-49-52-55-58-64(67)70-61-62(60-69-63(66)57-54-51-48-45-18-15-12-9-6-3)71-65(68)59-56-53-50-47-44-42-40-38-35-28-26-24-22-20-17-14-11-8-5-2/h21,23-24,26-27,29,62H,4-20,22,25,28,30-61H2,1-3H3/b23-21-,26-24-,29-27-. The van der Waals surface area contributed by atoms with E-state index < -0.39 is 6.10 Å². The molecule has 0 aliphatic heterocycles. The van der Waals surface area contributed by atoms with E-state index in [0.29, 0.717) is 19.3 Å². The molecule has 0 aromatic rings. The van der Waals surface area contributed by atoms with Crippen molar-refractivity contribution >= 4 is 17.9 Å². The molecular formula is C65H120O6. The number of esters is 3. The number of unbranched alkanes of at least 4 members (excludes halogenated alkanes) is 41. The summed E-state index contributed by atoms with van der Waals surface area (Å²) in [5, 5.41) is 0. The number of rotatable bonds is 58. The molecule has 1 atom stereocenters. The predicted octanol–water partition coefficient (Wildman–Crippen LogP) is 21.2. The Labute approximate surface area is 442 Å². The third-order valence-corrected chi connectivity index (χ3v) is 14.1. The molecule has 0 saturated heterocycles. The van der Waals surface area contributed by atoms with Gasteiger partial charge in [0.2, 0.25) is 0 Å². The quantitative estimate of drug-likeness (QED) is 0.0261. The summed E-state index contributed by atoms with van der Waals surface area (Å²) in [5.74, 6) is -0.855. The summed E-state index contributed by atoms with van der Waals surface area (Å²) in [4.78, 5) is 38.1. The maximum absolute atomic E-state index is 12.9. The Balaban J connectivity index is 4.17. The minimum absolute atomic E-state index is 0.0690. The molecule has 0 spiro atoms. The molecule has 0 heterocycles. The van der Waals surface area contributed by atoms with Gasteiger partial charge in [-0.25, -0.2) is 0 Å². The second kappa shape index (κ2) is 60.2. The van der Waals surface area contributed by atoms with Crippen LogP contribution in [0.4, 0.5) is 0 Å². The van der Waals surface area contributed by atoms with Gasteiger partial charge in [-0.1, -0.05) is 282 Å². The van der Waals surface area contributed by atoms with Crippen molar-refractivity contribution in [1.29, 1.82) is 0 Å². The molecule has 71 heavy (non-hydrogen) atoms. The summed E-state index contributed by atoms with van der Waals surface area (Å²) in [6.07, 6.45) is 73.0. The van der Waals surface area contributed by atoms with Crippen molar-refractivity contribution in [1.82, 2.24) is 0 Å². The van der Waals surface area contributed by atoms with E-state index in [1.807, 2.05) is 0 Å². The lowest BCUT2D eigenvalue weighted by molar-refractivity contribution is -0.167. The Morgan fingerprint density at radius 2 is 0.507 bits per heavy atom. The van der Waals surface area contributed by atoms with Crippen molar-refractivity contribution in [3.8, 4) is 0 Å². The molecule has 6 heteroatoms. The molecule has 0 aliphatic carbocycles. The van der Waals surface area contributed by atoms with Gasteiger partial charge in [-0.2, -0.15) is 0 Å². The number of hydrogen-bond acceptors (Lipinski definition) is 6. The molecule has 0 radical (unpaired) electrons. The molecular weight excluding hydrogens is 877 g/mol. The molecule has 0 saturated carbocycles. The van der Waals surface area contributed by atoms with Gasteiger partial charge < -0.3 is 14.2 Å². The van der Waals surface area contributed by atoms with Crippen LogP contribution in [0.25, 0.3) is 0 Å². The van der Waals surface area contributed by atoms with E-state index in [1.165, 1.54) is 238 Å². The maximum Gasteiger partial charge on any atom is 0.306 e. The van der Waals surface area contributed by atoms with Gasteiger partial charge in [0, 0.05) is 19.3 Å². The molecule has 0 bridgehead atoms. The number of carbonyl (C=O) groups is 3. The van der Waals surface area contributed by atoms with Gasteiger partial charge in [0.25, 0.3) is 0 Å². The Morgan fingerprint density at radius 1 is 0.282 bits per heavy atom. The lowest BCUT2D eigenvalue weighted by Crippen LogP contribution is -2.30. The van der Waals surface area contributed by atoms with Crippen molar-refractivity contribution in [2.45, 2.75) is 348 Å². The Bertz CT molecular complexity index is 1190. The smallest absolute Gasteiger partial charge is 0.306 e. The number of carbonyl (C=O) groups excluding carboxylic acids is 3. The number of ether oxygens (including phenoxy) is 3. The summed E-state index contributed by atoms with van der Waals surface area (Å²) in [6, 6.07) is 0. The molecule has 6 nitrogen and oxygen atoms in total. The molecule has 0 amide bonds. The first-order valence-electron chi connectivity index (χ1n) is 31.5. The zero-order chi connectivity index (χ0) is 51.4. The van der Waals surface area contributed by atoms with Crippen LogP contribution in [-0.4, -0.2) is 37.2 Å². The van der Waals surface area contributed by atoms with Gasteiger partial charge in [-0.15, -0.1) is 0 Å². The van der Waals surface area contributed by atoms with Crippen LogP contribution in [0.5, 0.6) is 0 Å². The van der Waals surface area contributed by atoms with Gasteiger partial charge >= 0.3 is 17.9 Å². The van der Waals surface area contributed by atoms with E-state index in [9.17, 15) is 14.4 Å². The van der Waals surface area contributed by atoms with E-state index in [2.05, 4.69) is 57.2 Å². The average Bonchev–Trinajstić information content (AvgIpc) is 3.37. The van der Waals surface area contributed by atoms with Gasteiger partial charge in [0.15, 0.2) is 6.10 Å². The van der Waals surface area contributed by atoms with Crippen LogP contribution in [0.3, 0.4) is 0 Å². The zero-order valence-electron chi connectivity index (χ0n) is 47.8. The fourth-order valence-electron chi connectivity index (χ4n) is 9.35. The summed E-state index contributed by atoms with van der Waals surface area (Å²) in [7, 11) is 0. The minimum Gasteiger partial charge on any atom is -0.462 e. The maximum atomic E-state index is 12.9. The van der Waals surface area contributed by atoms with Gasteiger partial charge in [-0.05, 0) is 77.0 Å². The normalized spacial score (nSPS) is 12.2. The van der Waals surface area contributed by atoms with Crippen LogP contribution in [0, 0.1) is 0 Å². The minimum atomic E-state index is -0.770. The SMILES string of the molecule is CCCCCCC/C=C\C/C=C\CCCCCCCCCCCCCCCC(=O)OCC(COC(=O)CCCCCCCCCCC)OC(=O)CCCCCCCCCCC/C=C\CCCCCCCC. The van der Waals surface area contributed by atoms with Crippen LogP contribution in [-0.2, 0) is 28.6 Å². The molecule has 0 N–H and O–H groups in total. The van der Waals surface area contributed by atoms with Crippen LogP contribution in [0.15, 0.2) is 36.5 Å². The highest BCUT2D eigenvalue weighted by Gasteiger charge is 2.19. The Morgan fingerprint density at radius 3 is 0.789 bits per heavy atom. The predicted molar refractivity (Wildman–Crippen MR) is 307 cm³/mol. The highest BCUT2D eigenvalue weighted by Crippen LogP contribution is 2.17. The third kappa shape index (κ3) is 58.4. The van der Waals surface area contributed by atoms with Gasteiger partial charge in [0.1, 0.15) is 13.2 Å². The monoisotopic (exact) mass is 997 g/mol. The van der Waals surface area contributed by atoms with Crippen LogP contribution in [0.1, 0.15) is 342 Å². The van der Waals surface area contributed by atoms with Crippen molar-refractivity contribution in [2.24, 2.45) is 0 Å². The van der Waals surface area contributed by atoms with E-state index in [-0.39, 0.29) is 31.1 Å². The van der Waals surface area contributed by atoms with Crippen LogP contribution < -0.4 is 0 Å². The summed E-state index contributed by atoms with van der Waals surface area (Å²) in [6.45, 7) is 6.65. The first-order chi connectivity index (χ1) is 35.0. The zero-order valence-corrected chi connectivity index (χ0v) is 47.8. The molecule has 0 aromatic heterocycles. The fourth-order valence-corrected chi connectivity index (χ4v) is 9.35. The third-order valence-electron chi connectivity index (χ3n) is 14.1. The van der Waals surface area contributed by atoms with E-state index >= 15 is 0 Å². The highest BCUT2D eigenvalue weighted by atomic mass is 16.6. The fraction of sp³-hybridized carbons (Fsp3) is 0.862. The lowest BCUT2D eigenvalue weighted by Gasteiger charge is -2.18. The number of allylic oxidation sites excluding steroid dienone is 6. The van der Waals surface area contributed by atoms with Crippen molar-refractivity contribution in [3.63, 3.8) is 0 Å². The summed E-state index contributed by atoms with van der Waals surface area (Å²) >= 11 is 0. The molecule has 0 rings (SSSR count). The van der Waals surface area contributed by atoms with Crippen molar-refractivity contribution in [3.05, 3.63) is 36.5 Å². The second-order valence-electron chi connectivity index (χ2n) is 21.3. The molecule has 0 fully saturated rings. The topological polar surface area (TPSA) is 78.9 Å². The summed E-state index contributed by atoms with van der Waals surface area (Å²) < 4.78 is 16.9. The van der Waals surface area contributed by atoms with E-state index in [0.717, 1.165) is 64.2 Å². The van der Waals surface area contributed by atoms with E-state index in [4.69, 9.17) is 14.2 Å². The lowest BCUT2D eigenvalue weighted by atomic mass is 10.0.